The van der Waals surface area contributed by atoms with Crippen molar-refractivity contribution in [3.8, 4) is 0 Å². The molecule has 6 heteroatoms. The molecule has 17 heavy (non-hydrogen) atoms. The molecule has 0 spiro atoms. The molecule has 0 N–H and O–H groups in total. The number of methoxy groups -OCH3 is 1. The lowest BCUT2D eigenvalue weighted by atomic mass is 10.3. The molecule has 0 atom stereocenters. The number of esters is 1. The van der Waals surface area contributed by atoms with Crippen molar-refractivity contribution in [1.82, 2.24) is 9.38 Å². The predicted molar refractivity (Wildman–Crippen MR) is 61.1 cm³/mol. The molecule has 0 saturated heterocycles. The Balaban J connectivity index is 2.56. The van der Waals surface area contributed by atoms with E-state index >= 15 is 0 Å². The van der Waals surface area contributed by atoms with Crippen molar-refractivity contribution in [2.75, 3.05) is 7.11 Å². The van der Waals surface area contributed by atoms with Crippen LogP contribution in [-0.4, -0.2) is 22.5 Å². The fourth-order valence-electron chi connectivity index (χ4n) is 1.61. The average molecular weight is 233 g/mol. The molecule has 0 unspecified atom stereocenters. The number of fused-ring (bicyclic) bond motifs is 1. The van der Waals surface area contributed by atoms with Gasteiger partial charge in [-0.15, -0.1) is 4.91 Å². The minimum Gasteiger partial charge on any atom is -0.469 e. The number of imidazole rings is 1. The molecule has 0 saturated carbocycles. The van der Waals surface area contributed by atoms with Crippen molar-refractivity contribution in [3.63, 3.8) is 0 Å². The minimum atomic E-state index is -0.449. The molecular weight excluding hydrogens is 222 g/mol. The number of aromatic nitrogens is 2. The summed E-state index contributed by atoms with van der Waals surface area (Å²) in [7, 11) is 1.29. The van der Waals surface area contributed by atoms with E-state index in [1.807, 2.05) is 13.0 Å². The van der Waals surface area contributed by atoms with Crippen molar-refractivity contribution in [1.29, 1.82) is 0 Å². The Labute approximate surface area is 97.2 Å². The Kier molecular flexibility index (Phi) is 2.86. The first-order valence-corrected chi connectivity index (χ1v) is 5.03. The first-order chi connectivity index (χ1) is 8.15. The van der Waals surface area contributed by atoms with Crippen LogP contribution in [0.5, 0.6) is 0 Å². The van der Waals surface area contributed by atoms with Crippen LogP contribution < -0.4 is 0 Å². The van der Waals surface area contributed by atoms with Gasteiger partial charge in [-0.2, -0.15) is 0 Å². The van der Waals surface area contributed by atoms with E-state index in [1.165, 1.54) is 7.11 Å². The van der Waals surface area contributed by atoms with Crippen LogP contribution in [0.4, 0.5) is 5.82 Å². The van der Waals surface area contributed by atoms with Gasteiger partial charge in [-0.05, 0) is 23.7 Å². The molecule has 0 amide bonds. The molecule has 0 radical (unpaired) electrons. The topological polar surface area (TPSA) is 73.0 Å². The summed E-state index contributed by atoms with van der Waals surface area (Å²) in [5, 5.41) is 2.93. The van der Waals surface area contributed by atoms with Gasteiger partial charge in [0.1, 0.15) is 11.3 Å². The van der Waals surface area contributed by atoms with Gasteiger partial charge in [0.05, 0.1) is 13.5 Å². The Bertz CT molecular complexity index is 589. The van der Waals surface area contributed by atoms with E-state index in [2.05, 4.69) is 14.9 Å². The maximum absolute atomic E-state index is 11.2. The lowest BCUT2D eigenvalue weighted by Crippen LogP contribution is -2.04. The molecule has 0 bridgehead atoms. The van der Waals surface area contributed by atoms with Crippen molar-refractivity contribution in [3.05, 3.63) is 34.5 Å². The highest BCUT2D eigenvalue weighted by Crippen LogP contribution is 2.22. The van der Waals surface area contributed by atoms with Crippen LogP contribution in [0.15, 0.2) is 23.5 Å². The monoisotopic (exact) mass is 233 g/mol. The van der Waals surface area contributed by atoms with Crippen LogP contribution in [0, 0.1) is 11.8 Å². The van der Waals surface area contributed by atoms with Crippen LogP contribution in [0.1, 0.15) is 11.3 Å². The minimum absolute atomic E-state index is 0.0572. The third-order valence-electron chi connectivity index (χ3n) is 2.44. The molecule has 0 aliphatic rings. The van der Waals surface area contributed by atoms with Crippen LogP contribution in [-0.2, 0) is 16.0 Å². The zero-order valence-electron chi connectivity index (χ0n) is 9.51. The summed E-state index contributed by atoms with van der Waals surface area (Å²) in [5.74, 6) is -0.302. The zero-order chi connectivity index (χ0) is 12.4. The van der Waals surface area contributed by atoms with Gasteiger partial charge in [0, 0.05) is 6.20 Å². The maximum atomic E-state index is 11.2. The third-order valence-corrected chi connectivity index (χ3v) is 2.44. The summed E-state index contributed by atoms with van der Waals surface area (Å²) in [6.07, 6.45) is 1.69. The molecule has 0 aliphatic heterocycles. The Morgan fingerprint density at radius 3 is 2.94 bits per heavy atom. The fraction of sp³-hybridized carbons (Fsp3) is 0.273. The van der Waals surface area contributed by atoms with Gasteiger partial charge in [0.15, 0.2) is 0 Å². The summed E-state index contributed by atoms with van der Waals surface area (Å²) < 4.78 is 6.11. The third kappa shape index (κ3) is 2.01. The summed E-state index contributed by atoms with van der Waals surface area (Å²) in [6, 6.07) is 3.64. The van der Waals surface area contributed by atoms with Crippen LogP contribution in [0.3, 0.4) is 0 Å². The highest BCUT2D eigenvalue weighted by atomic mass is 16.5. The fourth-order valence-corrected chi connectivity index (χ4v) is 1.61. The number of rotatable bonds is 3. The van der Waals surface area contributed by atoms with Gasteiger partial charge < -0.3 is 4.74 Å². The van der Waals surface area contributed by atoms with Gasteiger partial charge >= 0.3 is 5.97 Å². The standard InChI is InChI=1S/C11H11N3O3/c1-7-3-4-9-12-8(5-10(15)17-2)11(13-16)14(9)6-7/h3-4,6H,5H2,1-2H3. The molecule has 2 aromatic heterocycles. The molecular formula is C11H11N3O3. The molecule has 0 aliphatic carbocycles. The Hall–Kier alpha value is -2.24. The number of carbonyl (C=O) groups excluding carboxylic acids is 1. The molecule has 2 heterocycles. The van der Waals surface area contributed by atoms with E-state index in [1.54, 1.807) is 16.7 Å². The number of pyridine rings is 1. The highest BCUT2D eigenvalue weighted by Gasteiger charge is 2.16. The lowest BCUT2D eigenvalue weighted by Gasteiger charge is -1.97. The second kappa shape index (κ2) is 4.32. The smallest absolute Gasteiger partial charge is 0.311 e. The van der Waals surface area contributed by atoms with Crippen LogP contribution >= 0.6 is 0 Å². The first kappa shape index (κ1) is 11.3. The molecule has 0 aromatic carbocycles. The number of aryl methyl sites for hydroxylation is 1. The van der Waals surface area contributed by atoms with Crippen molar-refractivity contribution in [2.45, 2.75) is 13.3 Å². The maximum Gasteiger partial charge on any atom is 0.311 e. The van der Waals surface area contributed by atoms with Crippen molar-refractivity contribution < 1.29 is 9.53 Å². The predicted octanol–water partition coefficient (Wildman–Crippen LogP) is 1.76. The summed E-state index contributed by atoms with van der Waals surface area (Å²) in [5.41, 5.74) is 1.89. The van der Waals surface area contributed by atoms with Gasteiger partial charge in [-0.25, -0.2) is 4.98 Å². The van der Waals surface area contributed by atoms with Crippen LogP contribution in [0.25, 0.3) is 5.65 Å². The van der Waals surface area contributed by atoms with Crippen molar-refractivity contribution in [2.24, 2.45) is 5.18 Å². The average Bonchev–Trinajstić information content (AvgIpc) is 2.65. The SMILES string of the molecule is COC(=O)Cc1nc2ccc(C)cn2c1N=O. The zero-order valence-corrected chi connectivity index (χ0v) is 9.51. The number of hydrogen-bond acceptors (Lipinski definition) is 5. The molecule has 2 rings (SSSR count). The second-order valence-corrected chi connectivity index (χ2v) is 3.66. The highest BCUT2D eigenvalue weighted by molar-refractivity contribution is 5.74. The van der Waals surface area contributed by atoms with Gasteiger partial charge in [-0.1, -0.05) is 6.07 Å². The summed E-state index contributed by atoms with van der Waals surface area (Å²) >= 11 is 0. The van der Waals surface area contributed by atoms with E-state index in [-0.39, 0.29) is 12.2 Å². The van der Waals surface area contributed by atoms with E-state index in [0.717, 1.165) is 5.56 Å². The molecule has 0 fully saturated rings. The van der Waals surface area contributed by atoms with Gasteiger partial charge in [0.25, 0.3) is 0 Å². The van der Waals surface area contributed by atoms with Gasteiger partial charge in [-0.3, -0.25) is 9.20 Å². The number of carbonyl (C=O) groups is 1. The lowest BCUT2D eigenvalue weighted by molar-refractivity contribution is -0.139. The van der Waals surface area contributed by atoms with Gasteiger partial charge in [0.2, 0.25) is 5.82 Å². The van der Waals surface area contributed by atoms with Crippen LogP contribution in [0.2, 0.25) is 0 Å². The van der Waals surface area contributed by atoms with E-state index < -0.39 is 5.97 Å². The molecule has 88 valence electrons. The Morgan fingerprint density at radius 1 is 1.53 bits per heavy atom. The normalized spacial score (nSPS) is 10.5. The summed E-state index contributed by atoms with van der Waals surface area (Å²) in [6.45, 7) is 1.90. The Morgan fingerprint density at radius 2 is 2.29 bits per heavy atom. The largest absolute Gasteiger partial charge is 0.469 e. The number of nitroso groups, excluding NO2 is 1. The second-order valence-electron chi connectivity index (χ2n) is 3.66. The van der Waals surface area contributed by atoms with E-state index in [4.69, 9.17) is 0 Å². The number of hydrogen-bond donors (Lipinski definition) is 0. The van der Waals surface area contributed by atoms with E-state index in [0.29, 0.717) is 11.3 Å². The first-order valence-electron chi connectivity index (χ1n) is 5.03. The molecule has 6 nitrogen and oxygen atoms in total. The quantitative estimate of drug-likeness (QED) is 0.598. The summed E-state index contributed by atoms with van der Waals surface area (Å²) in [4.78, 5) is 26.2. The number of nitrogens with zero attached hydrogens (tertiary/aromatic N) is 3. The number of ether oxygens (including phenoxy) is 1. The van der Waals surface area contributed by atoms with Crippen molar-refractivity contribution >= 4 is 17.4 Å². The molecule has 2 aromatic rings. The van der Waals surface area contributed by atoms with E-state index in [9.17, 15) is 9.70 Å².